The van der Waals surface area contributed by atoms with E-state index in [9.17, 15) is 18.3 Å². The van der Waals surface area contributed by atoms with Crippen LogP contribution < -0.4 is 0 Å². The van der Waals surface area contributed by atoms with Gasteiger partial charge in [0.25, 0.3) is 0 Å². The molecule has 1 atom stereocenters. The van der Waals surface area contributed by atoms with Gasteiger partial charge in [0.1, 0.15) is 5.60 Å². The molecule has 0 bridgehead atoms. The third-order valence-corrected chi connectivity index (χ3v) is 3.81. The third-order valence-electron chi connectivity index (χ3n) is 3.48. The zero-order chi connectivity index (χ0) is 15.8. The number of hydrogen-bond donors (Lipinski definition) is 1. The van der Waals surface area contributed by atoms with Gasteiger partial charge in [0, 0.05) is 10.6 Å². The van der Waals surface area contributed by atoms with Crippen molar-refractivity contribution < 1.29 is 18.3 Å². The molecular formula is C16H14ClF3O. The monoisotopic (exact) mass is 314 g/mol. The van der Waals surface area contributed by atoms with Gasteiger partial charge in [0.2, 0.25) is 0 Å². The standard InChI is InChI=1S/C16H14ClF3O/c1-10-9-11(16(18,19)20)7-8-12(10)15(2,21)13-5-3-4-6-14(13)17/h3-9,21H,1-2H3. The second kappa shape index (κ2) is 5.35. The van der Waals surface area contributed by atoms with E-state index in [1.54, 1.807) is 24.3 Å². The summed E-state index contributed by atoms with van der Waals surface area (Å²) >= 11 is 6.07. The van der Waals surface area contributed by atoms with E-state index >= 15 is 0 Å². The topological polar surface area (TPSA) is 20.2 Å². The molecule has 1 N–H and O–H groups in total. The molecule has 0 fully saturated rings. The summed E-state index contributed by atoms with van der Waals surface area (Å²) in [6.07, 6.45) is -4.40. The fourth-order valence-electron chi connectivity index (χ4n) is 2.39. The van der Waals surface area contributed by atoms with Crippen LogP contribution in [0.5, 0.6) is 0 Å². The van der Waals surface area contributed by atoms with Crippen molar-refractivity contribution >= 4 is 11.6 Å². The number of aliphatic hydroxyl groups is 1. The van der Waals surface area contributed by atoms with Gasteiger partial charge in [-0.3, -0.25) is 0 Å². The lowest BCUT2D eigenvalue weighted by Gasteiger charge is -2.27. The Morgan fingerprint density at radius 3 is 2.14 bits per heavy atom. The Labute approximate surface area is 126 Å². The smallest absolute Gasteiger partial charge is 0.381 e. The molecule has 0 aliphatic heterocycles. The zero-order valence-corrected chi connectivity index (χ0v) is 12.3. The molecule has 2 rings (SSSR count). The number of rotatable bonds is 2. The van der Waals surface area contributed by atoms with Gasteiger partial charge in [0.15, 0.2) is 0 Å². The van der Waals surface area contributed by atoms with Crippen LogP contribution in [0.15, 0.2) is 42.5 Å². The molecule has 0 aliphatic carbocycles. The Morgan fingerprint density at radius 2 is 1.62 bits per heavy atom. The van der Waals surface area contributed by atoms with Crippen LogP contribution in [-0.2, 0) is 11.8 Å². The Kier molecular flexibility index (Phi) is 4.04. The minimum Gasteiger partial charge on any atom is -0.381 e. The SMILES string of the molecule is Cc1cc(C(F)(F)F)ccc1C(C)(O)c1ccccc1Cl. The van der Waals surface area contributed by atoms with Crippen molar-refractivity contribution in [3.05, 3.63) is 69.7 Å². The van der Waals surface area contributed by atoms with Gasteiger partial charge in [-0.1, -0.05) is 35.9 Å². The van der Waals surface area contributed by atoms with Crippen LogP contribution in [-0.4, -0.2) is 5.11 Å². The number of benzene rings is 2. The largest absolute Gasteiger partial charge is 0.416 e. The van der Waals surface area contributed by atoms with Crippen LogP contribution in [0.3, 0.4) is 0 Å². The predicted octanol–water partition coefficient (Wildman–Crippen LogP) is 4.92. The maximum atomic E-state index is 12.7. The summed E-state index contributed by atoms with van der Waals surface area (Å²) in [5.74, 6) is 0. The van der Waals surface area contributed by atoms with E-state index in [1.807, 2.05) is 0 Å². The highest BCUT2D eigenvalue weighted by atomic mass is 35.5. The predicted molar refractivity (Wildman–Crippen MR) is 76.3 cm³/mol. The Bertz CT molecular complexity index is 663. The van der Waals surface area contributed by atoms with Gasteiger partial charge < -0.3 is 5.11 Å². The van der Waals surface area contributed by atoms with Gasteiger partial charge in [-0.05, 0) is 43.2 Å². The van der Waals surface area contributed by atoms with Crippen molar-refractivity contribution in [1.29, 1.82) is 0 Å². The van der Waals surface area contributed by atoms with E-state index in [2.05, 4.69) is 0 Å². The van der Waals surface area contributed by atoms with E-state index in [4.69, 9.17) is 11.6 Å². The Hall–Kier alpha value is -1.52. The van der Waals surface area contributed by atoms with Crippen molar-refractivity contribution in [3.8, 4) is 0 Å². The molecule has 0 aromatic heterocycles. The summed E-state index contributed by atoms with van der Waals surface area (Å²) in [7, 11) is 0. The molecule has 1 unspecified atom stereocenters. The zero-order valence-electron chi connectivity index (χ0n) is 11.5. The number of alkyl halides is 3. The van der Waals surface area contributed by atoms with Crippen molar-refractivity contribution in [2.24, 2.45) is 0 Å². The van der Waals surface area contributed by atoms with E-state index < -0.39 is 17.3 Å². The molecular weight excluding hydrogens is 301 g/mol. The lowest BCUT2D eigenvalue weighted by atomic mass is 9.85. The summed E-state index contributed by atoms with van der Waals surface area (Å²) in [6.45, 7) is 3.06. The van der Waals surface area contributed by atoms with Crippen LogP contribution in [0.25, 0.3) is 0 Å². The van der Waals surface area contributed by atoms with Crippen molar-refractivity contribution in [1.82, 2.24) is 0 Å². The lowest BCUT2D eigenvalue weighted by molar-refractivity contribution is -0.137. The van der Waals surface area contributed by atoms with Crippen LogP contribution in [0.1, 0.15) is 29.2 Å². The summed E-state index contributed by atoms with van der Waals surface area (Å²) in [5.41, 5.74) is -1.00. The molecule has 0 saturated heterocycles. The Balaban J connectivity index is 2.54. The molecule has 5 heteroatoms. The third kappa shape index (κ3) is 3.06. The highest BCUT2D eigenvalue weighted by Gasteiger charge is 2.34. The van der Waals surface area contributed by atoms with Crippen LogP contribution in [0.4, 0.5) is 13.2 Å². The fourth-order valence-corrected chi connectivity index (χ4v) is 2.71. The first kappa shape index (κ1) is 15.9. The molecule has 0 saturated carbocycles. The summed E-state index contributed by atoms with van der Waals surface area (Å²) in [6, 6.07) is 10.0. The van der Waals surface area contributed by atoms with Gasteiger partial charge in [-0.25, -0.2) is 0 Å². The highest BCUT2D eigenvalue weighted by Crippen LogP contribution is 2.37. The van der Waals surface area contributed by atoms with Gasteiger partial charge in [-0.2, -0.15) is 13.2 Å². The minimum absolute atomic E-state index is 0.356. The molecule has 0 aliphatic rings. The maximum absolute atomic E-state index is 12.7. The minimum atomic E-state index is -4.40. The van der Waals surface area contributed by atoms with Crippen molar-refractivity contribution in [3.63, 3.8) is 0 Å². The molecule has 112 valence electrons. The van der Waals surface area contributed by atoms with Crippen molar-refractivity contribution in [2.75, 3.05) is 0 Å². The van der Waals surface area contributed by atoms with Gasteiger partial charge in [0.05, 0.1) is 5.56 Å². The van der Waals surface area contributed by atoms with E-state index in [1.165, 1.54) is 19.9 Å². The van der Waals surface area contributed by atoms with Gasteiger partial charge in [-0.15, -0.1) is 0 Å². The molecule has 0 heterocycles. The number of halogens is 4. The fraction of sp³-hybridized carbons (Fsp3) is 0.250. The number of hydrogen-bond acceptors (Lipinski definition) is 1. The molecule has 2 aromatic rings. The van der Waals surface area contributed by atoms with E-state index in [0.717, 1.165) is 12.1 Å². The second-order valence-corrected chi connectivity index (χ2v) is 5.49. The van der Waals surface area contributed by atoms with Crippen LogP contribution >= 0.6 is 11.6 Å². The van der Waals surface area contributed by atoms with E-state index in [0.29, 0.717) is 21.7 Å². The highest BCUT2D eigenvalue weighted by molar-refractivity contribution is 6.31. The molecule has 1 nitrogen and oxygen atoms in total. The summed E-state index contributed by atoms with van der Waals surface area (Å²) in [4.78, 5) is 0. The average Bonchev–Trinajstić information content (AvgIpc) is 2.37. The Morgan fingerprint density at radius 1 is 1.00 bits per heavy atom. The molecule has 21 heavy (non-hydrogen) atoms. The number of aryl methyl sites for hydroxylation is 1. The van der Waals surface area contributed by atoms with Crippen LogP contribution in [0.2, 0.25) is 5.02 Å². The molecule has 0 spiro atoms. The van der Waals surface area contributed by atoms with Crippen molar-refractivity contribution in [2.45, 2.75) is 25.6 Å². The maximum Gasteiger partial charge on any atom is 0.416 e. The van der Waals surface area contributed by atoms with Gasteiger partial charge >= 0.3 is 6.18 Å². The summed E-state index contributed by atoms with van der Waals surface area (Å²) < 4.78 is 38.1. The molecule has 0 radical (unpaired) electrons. The first-order chi connectivity index (χ1) is 9.64. The normalized spacial score (nSPS) is 14.8. The average molecular weight is 315 g/mol. The lowest BCUT2D eigenvalue weighted by Crippen LogP contribution is -2.24. The quantitative estimate of drug-likeness (QED) is 0.834. The summed E-state index contributed by atoms with van der Waals surface area (Å²) in [5, 5.41) is 11.1. The molecule has 0 amide bonds. The second-order valence-electron chi connectivity index (χ2n) is 5.08. The first-order valence-corrected chi connectivity index (χ1v) is 6.67. The van der Waals surface area contributed by atoms with Crippen LogP contribution in [0, 0.1) is 6.92 Å². The molecule has 2 aromatic carbocycles. The first-order valence-electron chi connectivity index (χ1n) is 6.29. The van der Waals surface area contributed by atoms with E-state index in [-0.39, 0.29) is 0 Å².